The SMILES string of the molecule is CN(CC(=O)O)CC(=O)Nc1ccccc1C(N)=O. The van der Waals surface area contributed by atoms with Crippen LogP contribution in [0, 0.1) is 0 Å². The van der Waals surface area contributed by atoms with Gasteiger partial charge in [0.05, 0.1) is 24.3 Å². The zero-order valence-electron chi connectivity index (χ0n) is 10.4. The highest BCUT2D eigenvalue weighted by molar-refractivity contribution is 6.03. The van der Waals surface area contributed by atoms with Gasteiger partial charge in [0.1, 0.15) is 0 Å². The van der Waals surface area contributed by atoms with Crippen molar-refractivity contribution in [2.45, 2.75) is 0 Å². The summed E-state index contributed by atoms with van der Waals surface area (Å²) in [7, 11) is 1.51. The molecule has 102 valence electrons. The maximum Gasteiger partial charge on any atom is 0.317 e. The minimum atomic E-state index is -1.02. The highest BCUT2D eigenvalue weighted by Crippen LogP contribution is 2.13. The van der Waals surface area contributed by atoms with E-state index in [1.165, 1.54) is 18.0 Å². The number of nitrogens with two attached hydrogens (primary N) is 1. The predicted molar refractivity (Wildman–Crippen MR) is 68.7 cm³/mol. The molecule has 0 aromatic heterocycles. The normalized spacial score (nSPS) is 10.2. The Labute approximate surface area is 110 Å². The molecule has 7 nitrogen and oxygen atoms in total. The Morgan fingerprint density at radius 3 is 2.47 bits per heavy atom. The lowest BCUT2D eigenvalue weighted by Crippen LogP contribution is -2.34. The first-order valence-electron chi connectivity index (χ1n) is 5.49. The van der Waals surface area contributed by atoms with E-state index in [1.54, 1.807) is 18.2 Å². The van der Waals surface area contributed by atoms with Gasteiger partial charge in [0.2, 0.25) is 5.91 Å². The quantitative estimate of drug-likeness (QED) is 0.656. The van der Waals surface area contributed by atoms with Crippen LogP contribution in [0.4, 0.5) is 5.69 Å². The molecule has 0 heterocycles. The van der Waals surface area contributed by atoms with Crippen molar-refractivity contribution >= 4 is 23.5 Å². The van der Waals surface area contributed by atoms with Crippen LogP contribution in [0.2, 0.25) is 0 Å². The van der Waals surface area contributed by atoms with Crippen molar-refractivity contribution in [1.29, 1.82) is 0 Å². The van der Waals surface area contributed by atoms with Crippen LogP contribution < -0.4 is 11.1 Å². The van der Waals surface area contributed by atoms with Gasteiger partial charge in [-0.2, -0.15) is 0 Å². The number of carbonyl (C=O) groups excluding carboxylic acids is 2. The first-order chi connectivity index (χ1) is 8.90. The molecule has 19 heavy (non-hydrogen) atoms. The Hall–Kier alpha value is -2.41. The van der Waals surface area contributed by atoms with Crippen LogP contribution in [-0.2, 0) is 9.59 Å². The predicted octanol–water partition coefficient (Wildman–Crippen LogP) is -0.260. The smallest absolute Gasteiger partial charge is 0.317 e. The van der Waals surface area contributed by atoms with Gasteiger partial charge < -0.3 is 16.2 Å². The molecule has 0 saturated carbocycles. The van der Waals surface area contributed by atoms with Crippen molar-refractivity contribution in [1.82, 2.24) is 4.90 Å². The lowest BCUT2D eigenvalue weighted by Gasteiger charge is -2.14. The second-order valence-corrected chi connectivity index (χ2v) is 4.02. The summed E-state index contributed by atoms with van der Waals surface area (Å²) in [6.45, 7) is -0.343. The van der Waals surface area contributed by atoms with Crippen molar-refractivity contribution in [2.75, 3.05) is 25.5 Å². The molecule has 7 heteroatoms. The fraction of sp³-hybridized carbons (Fsp3) is 0.250. The van der Waals surface area contributed by atoms with Gasteiger partial charge in [0.25, 0.3) is 5.91 Å². The summed E-state index contributed by atoms with van der Waals surface area (Å²) >= 11 is 0. The van der Waals surface area contributed by atoms with Crippen LogP contribution >= 0.6 is 0 Å². The third-order valence-corrected chi connectivity index (χ3v) is 2.29. The number of para-hydroxylation sites is 1. The number of primary amides is 1. The van der Waals surface area contributed by atoms with Crippen molar-refractivity contribution in [3.8, 4) is 0 Å². The second-order valence-electron chi connectivity index (χ2n) is 4.02. The lowest BCUT2D eigenvalue weighted by molar-refractivity contribution is -0.138. The van der Waals surface area contributed by atoms with E-state index in [9.17, 15) is 14.4 Å². The summed E-state index contributed by atoms with van der Waals surface area (Å²) in [6, 6.07) is 6.34. The van der Waals surface area contributed by atoms with E-state index in [0.717, 1.165) is 0 Å². The molecule has 0 unspecified atom stereocenters. The van der Waals surface area contributed by atoms with E-state index < -0.39 is 17.8 Å². The van der Waals surface area contributed by atoms with Crippen molar-refractivity contribution in [3.05, 3.63) is 29.8 Å². The number of nitrogens with one attached hydrogen (secondary N) is 1. The van der Waals surface area contributed by atoms with E-state index in [4.69, 9.17) is 10.8 Å². The minimum absolute atomic E-state index is 0.0978. The molecule has 1 rings (SSSR count). The number of likely N-dealkylation sites (N-methyl/N-ethyl adjacent to an activating group) is 1. The van der Waals surface area contributed by atoms with Gasteiger partial charge in [-0.3, -0.25) is 19.3 Å². The third-order valence-electron chi connectivity index (χ3n) is 2.29. The number of anilines is 1. The maximum absolute atomic E-state index is 11.7. The fourth-order valence-corrected chi connectivity index (χ4v) is 1.53. The Kier molecular flexibility index (Phi) is 5.01. The van der Waals surface area contributed by atoms with E-state index in [0.29, 0.717) is 5.69 Å². The molecule has 0 aliphatic carbocycles. The van der Waals surface area contributed by atoms with Crippen LogP contribution in [0.1, 0.15) is 10.4 Å². The van der Waals surface area contributed by atoms with E-state index in [1.807, 2.05) is 0 Å². The molecule has 0 bridgehead atoms. The van der Waals surface area contributed by atoms with Crippen LogP contribution in [-0.4, -0.2) is 47.9 Å². The monoisotopic (exact) mass is 265 g/mol. The van der Waals surface area contributed by atoms with Crippen LogP contribution in [0.25, 0.3) is 0 Å². The number of rotatable bonds is 6. The Morgan fingerprint density at radius 1 is 1.26 bits per heavy atom. The van der Waals surface area contributed by atoms with Gasteiger partial charge in [-0.05, 0) is 19.2 Å². The molecule has 1 aromatic rings. The number of aliphatic carboxylic acids is 1. The van der Waals surface area contributed by atoms with E-state index in [2.05, 4.69) is 5.32 Å². The number of nitrogens with zero attached hydrogens (tertiary/aromatic N) is 1. The molecule has 0 fully saturated rings. The summed E-state index contributed by atoms with van der Waals surface area (Å²) < 4.78 is 0. The minimum Gasteiger partial charge on any atom is -0.480 e. The van der Waals surface area contributed by atoms with Crippen molar-refractivity contribution < 1.29 is 19.5 Å². The summed E-state index contributed by atoms with van der Waals surface area (Å²) in [5.41, 5.74) is 5.69. The molecule has 1 aromatic carbocycles. The number of carboxylic acids is 1. The molecule has 0 saturated heterocycles. The molecule has 0 aliphatic heterocycles. The zero-order valence-corrected chi connectivity index (χ0v) is 10.4. The lowest BCUT2D eigenvalue weighted by atomic mass is 10.1. The fourth-order valence-electron chi connectivity index (χ4n) is 1.53. The van der Waals surface area contributed by atoms with Crippen molar-refractivity contribution in [3.63, 3.8) is 0 Å². The topological polar surface area (TPSA) is 113 Å². The Morgan fingerprint density at radius 2 is 1.89 bits per heavy atom. The first-order valence-corrected chi connectivity index (χ1v) is 5.49. The molecule has 0 spiro atoms. The van der Waals surface area contributed by atoms with Gasteiger partial charge >= 0.3 is 5.97 Å². The molecule has 0 radical (unpaired) electrons. The van der Waals surface area contributed by atoms with Gasteiger partial charge in [-0.15, -0.1) is 0 Å². The maximum atomic E-state index is 11.7. The first kappa shape index (κ1) is 14.7. The van der Waals surface area contributed by atoms with Gasteiger partial charge in [-0.1, -0.05) is 12.1 Å². The number of hydrogen-bond acceptors (Lipinski definition) is 4. The molecule has 0 atom stereocenters. The molecule has 0 aliphatic rings. The third kappa shape index (κ3) is 4.76. The summed E-state index contributed by atoms with van der Waals surface area (Å²) in [5.74, 6) is -2.08. The molecule has 4 N–H and O–H groups in total. The van der Waals surface area contributed by atoms with Gasteiger partial charge in [0, 0.05) is 0 Å². The van der Waals surface area contributed by atoms with Gasteiger partial charge in [0.15, 0.2) is 0 Å². The van der Waals surface area contributed by atoms with Gasteiger partial charge in [-0.25, -0.2) is 0 Å². The number of carbonyl (C=O) groups is 3. The average molecular weight is 265 g/mol. The molecular weight excluding hydrogens is 250 g/mol. The Balaban J connectivity index is 2.67. The average Bonchev–Trinajstić information content (AvgIpc) is 2.27. The number of amides is 2. The van der Waals surface area contributed by atoms with E-state index in [-0.39, 0.29) is 18.7 Å². The summed E-state index contributed by atoms with van der Waals surface area (Å²) in [5, 5.41) is 11.1. The second kappa shape index (κ2) is 6.50. The van der Waals surface area contributed by atoms with E-state index >= 15 is 0 Å². The van der Waals surface area contributed by atoms with Crippen molar-refractivity contribution in [2.24, 2.45) is 5.73 Å². The van der Waals surface area contributed by atoms with Crippen LogP contribution in [0.15, 0.2) is 24.3 Å². The largest absolute Gasteiger partial charge is 0.480 e. The summed E-state index contributed by atoms with van der Waals surface area (Å²) in [6.07, 6.45) is 0. The highest BCUT2D eigenvalue weighted by Gasteiger charge is 2.13. The highest BCUT2D eigenvalue weighted by atomic mass is 16.4. The Bertz CT molecular complexity index is 502. The number of hydrogen-bond donors (Lipinski definition) is 3. The standard InChI is InChI=1S/C12H15N3O4/c1-15(7-11(17)18)6-10(16)14-9-5-3-2-4-8(9)12(13)19/h2-5H,6-7H2,1H3,(H2,13,19)(H,14,16)(H,17,18). The summed E-state index contributed by atoms with van der Waals surface area (Å²) in [4.78, 5) is 34.6. The van der Waals surface area contributed by atoms with Crippen LogP contribution in [0.5, 0.6) is 0 Å². The van der Waals surface area contributed by atoms with Crippen LogP contribution in [0.3, 0.4) is 0 Å². The molecule has 2 amide bonds. The molecular formula is C12H15N3O4. The number of benzene rings is 1. The number of carboxylic acid groups (broad SMARTS) is 1. The zero-order chi connectivity index (χ0) is 14.4.